The van der Waals surface area contributed by atoms with Crippen molar-refractivity contribution in [2.45, 2.75) is 20.3 Å². The van der Waals surface area contributed by atoms with E-state index in [1.54, 1.807) is 0 Å². The Morgan fingerprint density at radius 3 is 2.57 bits per heavy atom. The maximum Gasteiger partial charge on any atom is 0.0512 e. The number of anilines is 2. The molecule has 0 atom stereocenters. The van der Waals surface area contributed by atoms with Gasteiger partial charge in [0.15, 0.2) is 0 Å². The van der Waals surface area contributed by atoms with E-state index in [2.05, 4.69) is 40.7 Å². The third-order valence-electron chi connectivity index (χ3n) is 2.19. The molecule has 2 nitrogen and oxygen atoms in total. The monoisotopic (exact) mass is 256 g/mol. The maximum absolute atomic E-state index is 5.69. The molecule has 0 aliphatic carbocycles. The number of nitrogen functional groups attached to an aromatic ring is 1. The molecule has 0 amide bonds. The Labute approximate surface area is 94.2 Å². The molecule has 0 aliphatic heterocycles. The molecule has 0 aromatic heterocycles. The van der Waals surface area contributed by atoms with Crippen molar-refractivity contribution in [3.63, 3.8) is 0 Å². The number of halogens is 1. The van der Waals surface area contributed by atoms with Crippen LogP contribution >= 0.6 is 15.9 Å². The number of hydrogen-bond donors (Lipinski definition) is 1. The van der Waals surface area contributed by atoms with Crippen molar-refractivity contribution in [1.82, 2.24) is 0 Å². The van der Waals surface area contributed by atoms with Crippen LogP contribution in [0, 0.1) is 0 Å². The first-order valence-corrected chi connectivity index (χ1v) is 5.78. The fourth-order valence-corrected chi connectivity index (χ4v) is 2.15. The summed E-state index contributed by atoms with van der Waals surface area (Å²) >= 11 is 3.54. The van der Waals surface area contributed by atoms with E-state index in [1.165, 1.54) is 5.69 Å². The Kier molecular flexibility index (Phi) is 4.26. The van der Waals surface area contributed by atoms with Gasteiger partial charge >= 0.3 is 0 Å². The van der Waals surface area contributed by atoms with Crippen molar-refractivity contribution in [2.75, 3.05) is 23.7 Å². The van der Waals surface area contributed by atoms with Gasteiger partial charge in [0.1, 0.15) is 0 Å². The molecule has 1 aromatic carbocycles. The zero-order valence-corrected chi connectivity index (χ0v) is 10.3. The van der Waals surface area contributed by atoms with Gasteiger partial charge in [0.05, 0.1) is 5.69 Å². The molecule has 3 heteroatoms. The Morgan fingerprint density at radius 1 is 1.36 bits per heavy atom. The molecular weight excluding hydrogens is 240 g/mol. The van der Waals surface area contributed by atoms with Crippen molar-refractivity contribution in [2.24, 2.45) is 0 Å². The van der Waals surface area contributed by atoms with E-state index in [-0.39, 0.29) is 0 Å². The lowest BCUT2D eigenvalue weighted by atomic mass is 10.2. The fraction of sp³-hybridized carbons (Fsp3) is 0.455. The summed E-state index contributed by atoms with van der Waals surface area (Å²) < 4.78 is 1.08. The Morgan fingerprint density at radius 2 is 2.07 bits per heavy atom. The van der Waals surface area contributed by atoms with Gasteiger partial charge in [0.25, 0.3) is 0 Å². The van der Waals surface area contributed by atoms with Gasteiger partial charge in [-0.3, -0.25) is 0 Å². The number of nitrogens with zero attached hydrogens (tertiary/aromatic N) is 1. The van der Waals surface area contributed by atoms with E-state index < -0.39 is 0 Å². The number of rotatable bonds is 4. The van der Waals surface area contributed by atoms with E-state index in [1.807, 2.05) is 12.1 Å². The van der Waals surface area contributed by atoms with Crippen LogP contribution in [0.2, 0.25) is 0 Å². The molecular formula is C11H17BrN2. The topological polar surface area (TPSA) is 29.3 Å². The number of nitrogens with two attached hydrogens (primary N) is 1. The first kappa shape index (κ1) is 11.4. The average Bonchev–Trinajstić information content (AvgIpc) is 2.15. The van der Waals surface area contributed by atoms with Gasteiger partial charge in [-0.15, -0.1) is 0 Å². The lowest BCUT2D eigenvalue weighted by Gasteiger charge is -2.23. The molecule has 0 saturated carbocycles. The summed E-state index contributed by atoms with van der Waals surface area (Å²) in [6.07, 6.45) is 1.16. The van der Waals surface area contributed by atoms with E-state index in [4.69, 9.17) is 5.73 Å². The second kappa shape index (κ2) is 5.25. The number of hydrogen-bond acceptors (Lipinski definition) is 2. The quantitative estimate of drug-likeness (QED) is 0.839. The normalized spacial score (nSPS) is 10.2. The highest BCUT2D eigenvalue weighted by Crippen LogP contribution is 2.28. The Hall–Kier alpha value is -0.700. The summed E-state index contributed by atoms with van der Waals surface area (Å²) in [5.41, 5.74) is 7.72. The van der Waals surface area contributed by atoms with Gasteiger partial charge in [-0.1, -0.05) is 6.92 Å². The van der Waals surface area contributed by atoms with Crippen LogP contribution in [0.1, 0.15) is 20.3 Å². The standard InChI is InChI=1S/C11H17BrN2/c1-3-7-14(4-2)11-6-5-9(13)8-10(11)12/h5-6,8H,3-4,7,13H2,1-2H3. The molecule has 0 saturated heterocycles. The van der Waals surface area contributed by atoms with Crippen molar-refractivity contribution < 1.29 is 0 Å². The van der Waals surface area contributed by atoms with Crippen LogP contribution in [-0.2, 0) is 0 Å². The predicted molar refractivity (Wildman–Crippen MR) is 66.7 cm³/mol. The summed E-state index contributed by atoms with van der Waals surface area (Å²) in [7, 11) is 0. The van der Waals surface area contributed by atoms with Crippen molar-refractivity contribution in [3.05, 3.63) is 22.7 Å². The minimum absolute atomic E-state index is 0.799. The summed E-state index contributed by atoms with van der Waals surface area (Å²) in [5, 5.41) is 0. The molecule has 1 rings (SSSR count). The van der Waals surface area contributed by atoms with Gasteiger partial charge in [-0.05, 0) is 47.5 Å². The highest BCUT2D eigenvalue weighted by Gasteiger charge is 2.06. The van der Waals surface area contributed by atoms with E-state index in [0.717, 1.165) is 29.7 Å². The molecule has 78 valence electrons. The Bertz CT molecular complexity index is 299. The molecule has 1 aromatic rings. The van der Waals surface area contributed by atoms with Gasteiger partial charge in [-0.2, -0.15) is 0 Å². The molecule has 0 radical (unpaired) electrons. The SMILES string of the molecule is CCCN(CC)c1ccc(N)cc1Br. The molecule has 0 bridgehead atoms. The second-order valence-corrected chi connectivity index (χ2v) is 4.14. The summed E-state index contributed by atoms with van der Waals surface area (Å²) in [6, 6.07) is 5.96. The van der Waals surface area contributed by atoms with Crippen molar-refractivity contribution in [1.29, 1.82) is 0 Å². The van der Waals surface area contributed by atoms with Gasteiger partial charge in [-0.25, -0.2) is 0 Å². The molecule has 0 unspecified atom stereocenters. The Balaban J connectivity index is 2.92. The summed E-state index contributed by atoms with van der Waals surface area (Å²) in [4.78, 5) is 2.34. The molecule has 0 spiro atoms. The van der Waals surface area contributed by atoms with E-state index in [9.17, 15) is 0 Å². The molecule has 0 aliphatic rings. The third-order valence-corrected chi connectivity index (χ3v) is 2.82. The fourth-order valence-electron chi connectivity index (χ4n) is 1.50. The van der Waals surface area contributed by atoms with Gasteiger partial charge < -0.3 is 10.6 Å². The lowest BCUT2D eigenvalue weighted by Crippen LogP contribution is -2.23. The smallest absolute Gasteiger partial charge is 0.0512 e. The highest BCUT2D eigenvalue weighted by atomic mass is 79.9. The first-order valence-electron chi connectivity index (χ1n) is 4.99. The lowest BCUT2D eigenvalue weighted by molar-refractivity contribution is 0.790. The van der Waals surface area contributed by atoms with E-state index in [0.29, 0.717) is 0 Å². The highest BCUT2D eigenvalue weighted by molar-refractivity contribution is 9.10. The van der Waals surface area contributed by atoms with Crippen LogP contribution in [0.25, 0.3) is 0 Å². The minimum atomic E-state index is 0.799. The van der Waals surface area contributed by atoms with Gasteiger partial charge in [0.2, 0.25) is 0 Å². The molecule has 14 heavy (non-hydrogen) atoms. The van der Waals surface area contributed by atoms with Crippen LogP contribution in [0.15, 0.2) is 22.7 Å². The molecule has 0 heterocycles. The maximum atomic E-state index is 5.69. The van der Waals surface area contributed by atoms with E-state index >= 15 is 0 Å². The average molecular weight is 257 g/mol. The van der Waals surface area contributed by atoms with Crippen molar-refractivity contribution >= 4 is 27.3 Å². The van der Waals surface area contributed by atoms with Gasteiger partial charge in [0, 0.05) is 23.2 Å². The molecule has 2 N–H and O–H groups in total. The summed E-state index contributed by atoms with van der Waals surface area (Å²) in [5.74, 6) is 0. The van der Waals surface area contributed by atoms with Crippen molar-refractivity contribution in [3.8, 4) is 0 Å². The predicted octanol–water partition coefficient (Wildman–Crippen LogP) is 3.27. The zero-order chi connectivity index (χ0) is 10.6. The molecule has 0 fully saturated rings. The van der Waals surface area contributed by atoms with Crippen LogP contribution in [0.3, 0.4) is 0 Å². The summed E-state index contributed by atoms with van der Waals surface area (Å²) in [6.45, 7) is 6.46. The second-order valence-electron chi connectivity index (χ2n) is 3.29. The van der Waals surface area contributed by atoms with Crippen LogP contribution in [0.4, 0.5) is 11.4 Å². The minimum Gasteiger partial charge on any atom is -0.399 e. The third kappa shape index (κ3) is 2.64. The zero-order valence-electron chi connectivity index (χ0n) is 8.76. The number of benzene rings is 1. The van der Waals surface area contributed by atoms with Crippen LogP contribution in [0.5, 0.6) is 0 Å². The largest absolute Gasteiger partial charge is 0.399 e. The first-order chi connectivity index (χ1) is 6.69. The van der Waals surface area contributed by atoms with Crippen LogP contribution < -0.4 is 10.6 Å². The van der Waals surface area contributed by atoms with Crippen LogP contribution in [-0.4, -0.2) is 13.1 Å².